The van der Waals surface area contributed by atoms with E-state index >= 15 is 0 Å². The van der Waals surface area contributed by atoms with Gasteiger partial charge in [-0.05, 0) is 56.2 Å². The van der Waals surface area contributed by atoms with Crippen molar-refractivity contribution in [2.24, 2.45) is 5.92 Å². The topological polar surface area (TPSA) is 93.2 Å². The first-order chi connectivity index (χ1) is 15.3. The molecule has 0 radical (unpaired) electrons. The maximum atomic E-state index is 13.5. The molecule has 0 spiro atoms. The molecule has 0 atom stereocenters. The van der Waals surface area contributed by atoms with E-state index in [-0.39, 0.29) is 29.2 Å². The summed E-state index contributed by atoms with van der Waals surface area (Å²) in [6, 6.07) is 13.0. The number of aryl methyl sites for hydroxylation is 1. The Morgan fingerprint density at radius 3 is 2.12 bits per heavy atom. The van der Waals surface area contributed by atoms with Crippen LogP contribution in [0.15, 0.2) is 53.4 Å². The van der Waals surface area contributed by atoms with Gasteiger partial charge in [0.05, 0.1) is 30.7 Å². The number of carbonyl (C=O) groups excluding carboxylic acids is 2. The number of hydrogen-bond donors (Lipinski definition) is 0. The fraction of sp³-hybridized carbons (Fsp3) is 0.391. The highest BCUT2D eigenvalue weighted by Crippen LogP contribution is 2.26. The molecule has 1 heterocycles. The molecule has 1 aliphatic heterocycles. The summed E-state index contributed by atoms with van der Waals surface area (Å²) >= 11 is 0. The van der Waals surface area contributed by atoms with Crippen LogP contribution in [0, 0.1) is 12.8 Å². The van der Waals surface area contributed by atoms with Crippen LogP contribution in [-0.2, 0) is 24.3 Å². The molecule has 0 aromatic heterocycles. The summed E-state index contributed by atoms with van der Waals surface area (Å²) in [5.41, 5.74) is 1.39. The molecule has 8 nitrogen and oxygen atoms in total. The Bertz CT molecular complexity index is 1040. The molecule has 9 heteroatoms. The molecular formula is C23H28N2O6S. The van der Waals surface area contributed by atoms with Gasteiger partial charge < -0.3 is 14.4 Å². The second-order valence-corrected chi connectivity index (χ2v) is 9.56. The van der Waals surface area contributed by atoms with E-state index in [4.69, 9.17) is 9.47 Å². The molecule has 1 fully saturated rings. The highest BCUT2D eigenvalue weighted by Gasteiger charge is 2.32. The predicted octanol–water partition coefficient (Wildman–Crippen LogP) is 2.61. The second kappa shape index (κ2) is 10.0. The Morgan fingerprint density at radius 2 is 1.59 bits per heavy atom. The van der Waals surface area contributed by atoms with E-state index in [1.54, 1.807) is 41.3 Å². The standard InChI is InChI=1S/C23H28N2O6S/c1-17-4-6-19(7-5-17)25(32(28,29)21-10-8-20(30-2)9-11-21)16-22(26)24-14-12-18(13-15-24)23(27)31-3/h4-11,18H,12-16H2,1-3H3. The van der Waals surface area contributed by atoms with E-state index in [0.29, 0.717) is 37.4 Å². The molecular weight excluding hydrogens is 432 g/mol. The van der Waals surface area contributed by atoms with Crippen LogP contribution in [0.25, 0.3) is 0 Å². The Balaban J connectivity index is 1.84. The zero-order valence-corrected chi connectivity index (χ0v) is 19.3. The number of ether oxygens (including phenoxy) is 2. The highest BCUT2D eigenvalue weighted by molar-refractivity contribution is 7.92. The molecule has 3 rings (SSSR count). The summed E-state index contributed by atoms with van der Waals surface area (Å²) in [5, 5.41) is 0. The van der Waals surface area contributed by atoms with Crippen LogP contribution >= 0.6 is 0 Å². The molecule has 172 valence electrons. The van der Waals surface area contributed by atoms with Gasteiger partial charge in [-0.1, -0.05) is 17.7 Å². The lowest BCUT2D eigenvalue weighted by Gasteiger charge is -2.33. The van der Waals surface area contributed by atoms with Gasteiger partial charge in [-0.15, -0.1) is 0 Å². The minimum absolute atomic E-state index is 0.0658. The SMILES string of the molecule is COC(=O)C1CCN(C(=O)CN(c2ccc(C)cc2)S(=O)(=O)c2ccc(OC)cc2)CC1. The number of sulfonamides is 1. The van der Waals surface area contributed by atoms with E-state index in [9.17, 15) is 18.0 Å². The lowest BCUT2D eigenvalue weighted by molar-refractivity contribution is -0.148. The van der Waals surface area contributed by atoms with Crippen LogP contribution in [0.1, 0.15) is 18.4 Å². The van der Waals surface area contributed by atoms with Crippen molar-refractivity contribution >= 4 is 27.6 Å². The van der Waals surface area contributed by atoms with Crippen molar-refractivity contribution in [1.82, 2.24) is 4.90 Å². The fourth-order valence-electron chi connectivity index (χ4n) is 3.66. The van der Waals surface area contributed by atoms with Gasteiger partial charge in [0.1, 0.15) is 12.3 Å². The van der Waals surface area contributed by atoms with Crippen molar-refractivity contribution in [2.45, 2.75) is 24.7 Å². The summed E-state index contributed by atoms with van der Waals surface area (Å²) in [5.74, 6) is -0.290. The molecule has 1 amide bonds. The van der Waals surface area contributed by atoms with Gasteiger partial charge in [0.15, 0.2) is 0 Å². The van der Waals surface area contributed by atoms with Gasteiger partial charge >= 0.3 is 5.97 Å². The molecule has 0 N–H and O–H groups in total. The summed E-state index contributed by atoms with van der Waals surface area (Å²) in [6.07, 6.45) is 0.988. The van der Waals surface area contributed by atoms with Crippen molar-refractivity contribution in [3.8, 4) is 5.75 Å². The summed E-state index contributed by atoms with van der Waals surface area (Å²) in [4.78, 5) is 26.5. The molecule has 32 heavy (non-hydrogen) atoms. The predicted molar refractivity (Wildman–Crippen MR) is 120 cm³/mol. The summed E-state index contributed by atoms with van der Waals surface area (Å²) < 4.78 is 38.0. The number of anilines is 1. The minimum Gasteiger partial charge on any atom is -0.497 e. The average molecular weight is 461 g/mol. The lowest BCUT2D eigenvalue weighted by Crippen LogP contribution is -2.46. The van der Waals surface area contributed by atoms with Crippen LogP contribution in [0.4, 0.5) is 5.69 Å². The Labute approximate surface area is 188 Å². The number of methoxy groups -OCH3 is 2. The molecule has 2 aromatic rings. The average Bonchev–Trinajstić information content (AvgIpc) is 2.82. The van der Waals surface area contributed by atoms with Crippen molar-refractivity contribution in [3.63, 3.8) is 0 Å². The molecule has 0 saturated carbocycles. The van der Waals surface area contributed by atoms with Gasteiger partial charge in [-0.25, -0.2) is 8.42 Å². The van der Waals surface area contributed by atoms with Gasteiger partial charge in [-0.3, -0.25) is 13.9 Å². The second-order valence-electron chi connectivity index (χ2n) is 7.70. The Hall–Kier alpha value is -3.07. The number of amides is 1. The van der Waals surface area contributed by atoms with Crippen molar-refractivity contribution in [3.05, 3.63) is 54.1 Å². The smallest absolute Gasteiger partial charge is 0.308 e. The molecule has 1 saturated heterocycles. The Kier molecular flexibility index (Phi) is 7.40. The zero-order valence-electron chi connectivity index (χ0n) is 18.5. The third-order valence-corrected chi connectivity index (χ3v) is 7.42. The third kappa shape index (κ3) is 5.21. The number of likely N-dealkylation sites (tertiary alicyclic amines) is 1. The van der Waals surface area contributed by atoms with Crippen LogP contribution < -0.4 is 9.04 Å². The largest absolute Gasteiger partial charge is 0.497 e. The van der Waals surface area contributed by atoms with E-state index in [0.717, 1.165) is 9.87 Å². The lowest BCUT2D eigenvalue weighted by atomic mass is 9.97. The number of piperidine rings is 1. The molecule has 1 aliphatic rings. The van der Waals surface area contributed by atoms with E-state index in [1.165, 1.54) is 26.4 Å². The molecule has 2 aromatic carbocycles. The van der Waals surface area contributed by atoms with Crippen molar-refractivity contribution in [1.29, 1.82) is 0 Å². The quantitative estimate of drug-likeness (QED) is 0.590. The fourth-order valence-corrected chi connectivity index (χ4v) is 5.07. The third-order valence-electron chi connectivity index (χ3n) is 5.63. The number of esters is 1. The van der Waals surface area contributed by atoms with Crippen molar-refractivity contribution in [2.75, 3.05) is 38.2 Å². The van der Waals surface area contributed by atoms with E-state index in [1.807, 2.05) is 6.92 Å². The van der Waals surface area contributed by atoms with Gasteiger partial charge in [-0.2, -0.15) is 0 Å². The molecule has 0 aliphatic carbocycles. The Morgan fingerprint density at radius 1 is 1.00 bits per heavy atom. The van der Waals surface area contributed by atoms with E-state index in [2.05, 4.69) is 0 Å². The first-order valence-corrected chi connectivity index (χ1v) is 11.8. The number of benzene rings is 2. The van der Waals surface area contributed by atoms with Crippen LogP contribution in [0.2, 0.25) is 0 Å². The monoisotopic (exact) mass is 460 g/mol. The summed E-state index contributed by atoms with van der Waals surface area (Å²) in [7, 11) is -1.14. The van der Waals surface area contributed by atoms with Crippen LogP contribution in [0.5, 0.6) is 5.75 Å². The van der Waals surface area contributed by atoms with E-state index < -0.39 is 10.0 Å². The minimum atomic E-state index is -4.00. The first-order valence-electron chi connectivity index (χ1n) is 10.4. The molecule has 0 unspecified atom stereocenters. The van der Waals surface area contributed by atoms with Crippen molar-refractivity contribution < 1.29 is 27.5 Å². The van der Waals surface area contributed by atoms with Crippen LogP contribution in [0.3, 0.4) is 0 Å². The maximum absolute atomic E-state index is 13.5. The number of rotatable bonds is 7. The van der Waals surface area contributed by atoms with Gasteiger partial charge in [0, 0.05) is 13.1 Å². The van der Waals surface area contributed by atoms with Gasteiger partial charge in [0.2, 0.25) is 5.91 Å². The zero-order chi connectivity index (χ0) is 23.3. The maximum Gasteiger partial charge on any atom is 0.308 e. The van der Waals surface area contributed by atoms with Gasteiger partial charge in [0.25, 0.3) is 10.0 Å². The first kappa shape index (κ1) is 23.6. The number of nitrogens with zero attached hydrogens (tertiary/aromatic N) is 2. The highest BCUT2D eigenvalue weighted by atomic mass is 32.2. The number of carbonyl (C=O) groups is 2. The summed E-state index contributed by atoms with van der Waals surface area (Å²) in [6.45, 7) is 2.33. The normalized spacial score (nSPS) is 14.7. The molecule has 0 bridgehead atoms. The number of hydrogen-bond acceptors (Lipinski definition) is 6. The van der Waals surface area contributed by atoms with Crippen LogP contribution in [-0.4, -0.2) is 59.0 Å².